The molecule has 2 aromatic rings. The SMILES string of the molecule is COC(=O)c1ccccc1-c1ccccc1Br. The van der Waals surface area contributed by atoms with Crippen LogP contribution in [0.3, 0.4) is 0 Å². The van der Waals surface area contributed by atoms with Gasteiger partial charge in [0.25, 0.3) is 0 Å². The zero-order chi connectivity index (χ0) is 12.3. The van der Waals surface area contributed by atoms with E-state index in [0.29, 0.717) is 5.56 Å². The summed E-state index contributed by atoms with van der Waals surface area (Å²) >= 11 is 3.49. The molecule has 86 valence electrons. The molecule has 0 saturated heterocycles. The minimum absolute atomic E-state index is 0.323. The first-order chi connectivity index (χ1) is 8.24. The summed E-state index contributed by atoms with van der Waals surface area (Å²) < 4.78 is 5.74. The standard InChI is InChI=1S/C14H11BrO2/c1-17-14(16)12-8-3-2-6-10(12)11-7-4-5-9-13(11)15/h2-9H,1H3. The van der Waals surface area contributed by atoms with Crippen molar-refractivity contribution in [2.75, 3.05) is 7.11 Å². The number of hydrogen-bond donors (Lipinski definition) is 0. The Morgan fingerprint density at radius 1 is 1.00 bits per heavy atom. The van der Waals surface area contributed by atoms with Crippen LogP contribution < -0.4 is 0 Å². The first-order valence-corrected chi connectivity index (χ1v) is 5.95. The van der Waals surface area contributed by atoms with Crippen LogP contribution in [0.1, 0.15) is 10.4 Å². The van der Waals surface area contributed by atoms with Gasteiger partial charge in [0.2, 0.25) is 0 Å². The summed E-state index contributed by atoms with van der Waals surface area (Å²) in [7, 11) is 1.39. The fraction of sp³-hybridized carbons (Fsp3) is 0.0714. The van der Waals surface area contributed by atoms with Gasteiger partial charge in [-0.25, -0.2) is 4.79 Å². The van der Waals surface area contributed by atoms with Gasteiger partial charge < -0.3 is 4.74 Å². The molecule has 0 aliphatic carbocycles. The van der Waals surface area contributed by atoms with Crippen molar-refractivity contribution in [1.82, 2.24) is 0 Å². The number of carbonyl (C=O) groups is 1. The lowest BCUT2D eigenvalue weighted by Gasteiger charge is -2.09. The maximum absolute atomic E-state index is 11.7. The van der Waals surface area contributed by atoms with Crippen LogP contribution >= 0.6 is 15.9 Å². The summed E-state index contributed by atoms with van der Waals surface area (Å²) in [5.41, 5.74) is 2.42. The molecule has 17 heavy (non-hydrogen) atoms. The summed E-state index contributed by atoms with van der Waals surface area (Å²) in [6.45, 7) is 0. The van der Waals surface area contributed by atoms with E-state index >= 15 is 0 Å². The Labute approximate surface area is 108 Å². The highest BCUT2D eigenvalue weighted by molar-refractivity contribution is 9.10. The molecule has 0 amide bonds. The van der Waals surface area contributed by atoms with Crippen molar-refractivity contribution < 1.29 is 9.53 Å². The Hall–Kier alpha value is -1.61. The van der Waals surface area contributed by atoms with Crippen LogP contribution in [-0.4, -0.2) is 13.1 Å². The zero-order valence-corrected chi connectivity index (χ0v) is 10.9. The number of methoxy groups -OCH3 is 1. The van der Waals surface area contributed by atoms with Gasteiger partial charge in [-0.2, -0.15) is 0 Å². The first kappa shape index (κ1) is 11.9. The molecule has 0 saturated carbocycles. The van der Waals surface area contributed by atoms with Crippen LogP contribution in [0.4, 0.5) is 0 Å². The molecule has 2 aromatic carbocycles. The first-order valence-electron chi connectivity index (χ1n) is 5.16. The third-order valence-corrected chi connectivity index (χ3v) is 3.19. The molecule has 0 aliphatic heterocycles. The molecule has 0 aliphatic rings. The van der Waals surface area contributed by atoms with Crippen LogP contribution in [0.25, 0.3) is 11.1 Å². The molecule has 3 heteroatoms. The molecule has 0 unspecified atom stereocenters. The fourth-order valence-electron chi connectivity index (χ4n) is 1.69. The van der Waals surface area contributed by atoms with E-state index < -0.39 is 0 Å². The molecular weight excluding hydrogens is 280 g/mol. The smallest absolute Gasteiger partial charge is 0.338 e. The predicted molar refractivity (Wildman–Crippen MR) is 70.9 cm³/mol. The van der Waals surface area contributed by atoms with E-state index in [9.17, 15) is 4.79 Å². The Kier molecular flexibility index (Phi) is 3.59. The van der Waals surface area contributed by atoms with Crippen molar-refractivity contribution >= 4 is 21.9 Å². The van der Waals surface area contributed by atoms with Gasteiger partial charge in [0.05, 0.1) is 12.7 Å². The highest BCUT2D eigenvalue weighted by Gasteiger charge is 2.13. The minimum atomic E-state index is -0.323. The molecule has 0 atom stereocenters. The van der Waals surface area contributed by atoms with E-state index in [1.165, 1.54) is 7.11 Å². The molecule has 0 fully saturated rings. The zero-order valence-electron chi connectivity index (χ0n) is 9.31. The van der Waals surface area contributed by atoms with Gasteiger partial charge in [0.15, 0.2) is 0 Å². The van der Waals surface area contributed by atoms with E-state index in [-0.39, 0.29) is 5.97 Å². The Bertz CT molecular complexity index is 549. The fourth-order valence-corrected chi connectivity index (χ4v) is 2.18. The van der Waals surface area contributed by atoms with Gasteiger partial charge in [-0.1, -0.05) is 52.3 Å². The van der Waals surface area contributed by atoms with Gasteiger partial charge in [-0.05, 0) is 23.3 Å². The monoisotopic (exact) mass is 290 g/mol. The summed E-state index contributed by atoms with van der Waals surface area (Å²) in [4.78, 5) is 11.7. The number of carbonyl (C=O) groups excluding carboxylic acids is 1. The average Bonchev–Trinajstić information content (AvgIpc) is 2.38. The van der Waals surface area contributed by atoms with Crippen molar-refractivity contribution in [3.05, 3.63) is 58.6 Å². The van der Waals surface area contributed by atoms with E-state index in [2.05, 4.69) is 15.9 Å². The minimum Gasteiger partial charge on any atom is -0.465 e. The van der Waals surface area contributed by atoms with Gasteiger partial charge in [-0.3, -0.25) is 0 Å². The lowest BCUT2D eigenvalue weighted by Crippen LogP contribution is -2.03. The van der Waals surface area contributed by atoms with E-state index in [1.807, 2.05) is 42.5 Å². The molecule has 0 N–H and O–H groups in total. The number of benzene rings is 2. The van der Waals surface area contributed by atoms with E-state index in [1.54, 1.807) is 6.07 Å². The second kappa shape index (κ2) is 5.15. The topological polar surface area (TPSA) is 26.3 Å². The van der Waals surface area contributed by atoms with Crippen molar-refractivity contribution in [3.63, 3.8) is 0 Å². The molecular formula is C14H11BrO2. The van der Waals surface area contributed by atoms with Gasteiger partial charge in [0.1, 0.15) is 0 Å². The maximum atomic E-state index is 11.7. The summed E-state index contributed by atoms with van der Waals surface area (Å²) in [6, 6.07) is 15.2. The molecule has 0 aromatic heterocycles. The van der Waals surface area contributed by atoms with Gasteiger partial charge in [0, 0.05) is 4.47 Å². The van der Waals surface area contributed by atoms with Crippen molar-refractivity contribution in [2.24, 2.45) is 0 Å². The highest BCUT2D eigenvalue weighted by Crippen LogP contribution is 2.30. The van der Waals surface area contributed by atoms with E-state index in [0.717, 1.165) is 15.6 Å². The van der Waals surface area contributed by atoms with E-state index in [4.69, 9.17) is 4.74 Å². The number of halogens is 1. The second-order valence-electron chi connectivity index (χ2n) is 3.52. The summed E-state index contributed by atoms with van der Waals surface area (Å²) in [6.07, 6.45) is 0. The number of hydrogen-bond acceptors (Lipinski definition) is 2. The number of esters is 1. The Balaban J connectivity index is 2.60. The summed E-state index contributed by atoms with van der Waals surface area (Å²) in [5.74, 6) is -0.323. The van der Waals surface area contributed by atoms with Crippen LogP contribution in [0.15, 0.2) is 53.0 Å². The van der Waals surface area contributed by atoms with Crippen LogP contribution in [-0.2, 0) is 4.74 Å². The molecule has 2 rings (SSSR count). The molecule has 2 nitrogen and oxygen atoms in total. The number of rotatable bonds is 2. The summed E-state index contributed by atoms with van der Waals surface area (Å²) in [5, 5.41) is 0. The highest BCUT2D eigenvalue weighted by atomic mass is 79.9. The lowest BCUT2D eigenvalue weighted by molar-refractivity contribution is 0.0601. The third-order valence-electron chi connectivity index (χ3n) is 2.50. The molecule has 0 bridgehead atoms. The molecule has 0 heterocycles. The van der Waals surface area contributed by atoms with Gasteiger partial charge >= 0.3 is 5.97 Å². The third kappa shape index (κ3) is 2.39. The Morgan fingerprint density at radius 3 is 2.24 bits per heavy atom. The largest absolute Gasteiger partial charge is 0.465 e. The molecule has 0 radical (unpaired) electrons. The van der Waals surface area contributed by atoms with Crippen molar-refractivity contribution in [2.45, 2.75) is 0 Å². The quantitative estimate of drug-likeness (QED) is 0.784. The Morgan fingerprint density at radius 2 is 1.59 bits per heavy atom. The van der Waals surface area contributed by atoms with Crippen LogP contribution in [0.5, 0.6) is 0 Å². The average molecular weight is 291 g/mol. The van der Waals surface area contributed by atoms with Crippen molar-refractivity contribution in [1.29, 1.82) is 0 Å². The second-order valence-corrected chi connectivity index (χ2v) is 4.37. The lowest BCUT2D eigenvalue weighted by atomic mass is 10.00. The maximum Gasteiger partial charge on any atom is 0.338 e. The van der Waals surface area contributed by atoms with Crippen molar-refractivity contribution in [3.8, 4) is 11.1 Å². The predicted octanol–water partition coefficient (Wildman–Crippen LogP) is 3.90. The van der Waals surface area contributed by atoms with Crippen LogP contribution in [0.2, 0.25) is 0 Å². The number of ether oxygens (including phenoxy) is 1. The molecule has 0 spiro atoms. The van der Waals surface area contributed by atoms with Gasteiger partial charge in [-0.15, -0.1) is 0 Å². The normalized spacial score (nSPS) is 10.0. The van der Waals surface area contributed by atoms with Crippen LogP contribution in [0, 0.1) is 0 Å².